The van der Waals surface area contributed by atoms with Crippen LogP contribution >= 0.6 is 0 Å². The minimum Gasteiger partial charge on any atom is -0.481 e. The number of carboxylic acids is 1. The Kier molecular flexibility index (Phi) is 12.8. The van der Waals surface area contributed by atoms with Gasteiger partial charge in [0.15, 0.2) is 5.69 Å². The van der Waals surface area contributed by atoms with Gasteiger partial charge < -0.3 is 25.4 Å². The van der Waals surface area contributed by atoms with Crippen molar-refractivity contribution in [1.29, 1.82) is 0 Å². The van der Waals surface area contributed by atoms with Gasteiger partial charge in [0.1, 0.15) is 23.4 Å². The first kappa shape index (κ1) is 35.3. The Morgan fingerprint density at radius 2 is 1.67 bits per heavy atom. The van der Waals surface area contributed by atoms with E-state index in [2.05, 4.69) is 35.4 Å². The number of esters is 1. The lowest BCUT2D eigenvalue weighted by molar-refractivity contribution is -0.134. The highest BCUT2D eigenvalue weighted by atomic mass is 16.5. The number of carbonyl (C=O) groups is 5. The van der Waals surface area contributed by atoms with Crippen LogP contribution in [0.3, 0.4) is 0 Å². The van der Waals surface area contributed by atoms with Crippen molar-refractivity contribution in [2.75, 3.05) is 20.2 Å². The summed E-state index contributed by atoms with van der Waals surface area (Å²) in [5, 5.41) is 18.0. The molecule has 0 fully saturated rings. The summed E-state index contributed by atoms with van der Waals surface area (Å²) in [6.07, 6.45) is 3.20. The molecule has 1 aliphatic heterocycles. The second kappa shape index (κ2) is 16.7. The molecule has 3 heterocycles. The van der Waals surface area contributed by atoms with Crippen LogP contribution in [-0.2, 0) is 32.1 Å². The number of nitrogens with one attached hydrogen (secondary N) is 2. The molecule has 46 heavy (non-hydrogen) atoms. The Hall–Kier alpha value is -5.21. The third-order valence-corrected chi connectivity index (χ3v) is 6.95. The topological polar surface area (TPSA) is 199 Å². The summed E-state index contributed by atoms with van der Waals surface area (Å²) in [6, 6.07) is 8.20. The number of hydrogen-bond acceptors (Lipinski definition) is 10. The average Bonchev–Trinajstić information content (AvgIpc) is 3.39. The number of aliphatic carboxylic acids is 1. The molecule has 15 nitrogen and oxygen atoms in total. The third-order valence-electron chi connectivity index (χ3n) is 6.95. The van der Waals surface area contributed by atoms with Crippen LogP contribution in [0.1, 0.15) is 77.8 Å². The number of aromatic nitrogens is 5. The number of hydrogen-bond donors (Lipinski definition) is 3. The fraction of sp³-hybridized carbons (Fsp3) is 0.452. The highest BCUT2D eigenvalue weighted by Crippen LogP contribution is 2.21. The van der Waals surface area contributed by atoms with E-state index in [4.69, 9.17) is 9.90 Å². The normalized spacial score (nSPS) is 17.4. The maximum absolute atomic E-state index is 13.6. The molecule has 0 radical (unpaired) electrons. The van der Waals surface area contributed by atoms with Gasteiger partial charge >= 0.3 is 5.97 Å². The molecule has 15 heteroatoms. The van der Waals surface area contributed by atoms with E-state index in [1.807, 2.05) is 44.2 Å². The molecular formula is C31H40N8O7. The van der Waals surface area contributed by atoms with Gasteiger partial charge in [-0.3, -0.25) is 19.2 Å². The molecule has 0 bridgehead atoms. The summed E-state index contributed by atoms with van der Waals surface area (Å²) in [6.45, 7) is 7.59. The highest BCUT2D eigenvalue weighted by Gasteiger charge is 2.30. The monoisotopic (exact) mass is 636 g/mol. The largest absolute Gasteiger partial charge is 0.481 e. The maximum Gasteiger partial charge on any atom is 0.358 e. The molecule has 0 aliphatic carbocycles. The molecule has 1 aliphatic rings. The van der Waals surface area contributed by atoms with E-state index in [1.54, 1.807) is 16.5 Å². The molecule has 246 valence electrons. The van der Waals surface area contributed by atoms with E-state index < -0.39 is 29.9 Å². The van der Waals surface area contributed by atoms with Crippen molar-refractivity contribution in [3.8, 4) is 0 Å². The first-order chi connectivity index (χ1) is 21.9. The zero-order valence-electron chi connectivity index (χ0n) is 26.6. The standard InChI is InChI=1S/C29H36N8O5.C2H4O2/c1-18(2)25-26-32-19(3)35-37(26)14-13-36(28(40)22-16-31-23(17-30-22)29(41)42-4)12-8-11-24(38)33-21(27(39)34-25)15-20-9-6-5-7-10-20;1-2(3)4/h5-7,9-10,16-18,21,25H,8,11-15H2,1-4H3,(H,33,38)(H,34,39);1H3,(H,3,4)/t21-,25?;/m0./s1. The lowest BCUT2D eigenvalue weighted by atomic mass is 10.0. The van der Waals surface area contributed by atoms with Crippen LogP contribution in [0.15, 0.2) is 42.7 Å². The van der Waals surface area contributed by atoms with Gasteiger partial charge in [0.05, 0.1) is 32.1 Å². The molecule has 0 saturated carbocycles. The van der Waals surface area contributed by atoms with E-state index >= 15 is 0 Å². The van der Waals surface area contributed by atoms with Gasteiger partial charge in [-0.1, -0.05) is 44.2 Å². The Bertz CT molecular complexity index is 1500. The second-order valence-electron chi connectivity index (χ2n) is 11.0. The van der Waals surface area contributed by atoms with Crippen LogP contribution < -0.4 is 10.6 Å². The fourth-order valence-corrected chi connectivity index (χ4v) is 4.75. The van der Waals surface area contributed by atoms with Gasteiger partial charge in [-0.05, 0) is 24.8 Å². The molecule has 2 aromatic heterocycles. The van der Waals surface area contributed by atoms with Gasteiger partial charge in [0, 0.05) is 32.9 Å². The molecule has 1 aromatic carbocycles. The zero-order chi connectivity index (χ0) is 33.8. The first-order valence-electron chi connectivity index (χ1n) is 14.8. The lowest BCUT2D eigenvalue weighted by Gasteiger charge is -2.28. The van der Waals surface area contributed by atoms with E-state index in [1.165, 1.54) is 19.5 Å². The van der Waals surface area contributed by atoms with Crippen molar-refractivity contribution in [2.45, 2.75) is 65.6 Å². The average molecular weight is 637 g/mol. The smallest absolute Gasteiger partial charge is 0.358 e. The number of ether oxygens (including phenoxy) is 1. The Balaban J connectivity index is 0.00000136. The number of fused-ring (bicyclic) bond motifs is 1. The molecule has 2 atom stereocenters. The van der Waals surface area contributed by atoms with Gasteiger partial charge in [0.25, 0.3) is 11.9 Å². The second-order valence-corrected chi connectivity index (χ2v) is 11.0. The first-order valence-corrected chi connectivity index (χ1v) is 14.8. The van der Waals surface area contributed by atoms with E-state index in [-0.39, 0.29) is 48.6 Å². The number of benzene rings is 1. The number of aryl methyl sites for hydroxylation is 1. The Morgan fingerprint density at radius 3 is 2.28 bits per heavy atom. The minimum absolute atomic E-state index is 0.0127. The van der Waals surface area contributed by atoms with Crippen molar-refractivity contribution < 1.29 is 33.8 Å². The predicted molar refractivity (Wildman–Crippen MR) is 164 cm³/mol. The van der Waals surface area contributed by atoms with Gasteiger partial charge in [-0.15, -0.1) is 0 Å². The number of methoxy groups -OCH3 is 1. The quantitative estimate of drug-likeness (QED) is 0.345. The van der Waals surface area contributed by atoms with E-state index in [9.17, 15) is 19.2 Å². The molecular weight excluding hydrogens is 596 g/mol. The summed E-state index contributed by atoms with van der Waals surface area (Å²) in [5.41, 5.74) is 0.954. The van der Waals surface area contributed by atoms with Crippen LogP contribution in [0.5, 0.6) is 0 Å². The van der Waals surface area contributed by atoms with Crippen molar-refractivity contribution >= 4 is 29.7 Å². The number of carboxylic acid groups (broad SMARTS) is 1. The van der Waals surface area contributed by atoms with E-state index in [0.29, 0.717) is 31.0 Å². The fourth-order valence-electron chi connectivity index (χ4n) is 4.75. The van der Waals surface area contributed by atoms with Crippen molar-refractivity contribution in [1.82, 2.24) is 40.3 Å². The maximum atomic E-state index is 13.6. The van der Waals surface area contributed by atoms with E-state index in [0.717, 1.165) is 12.5 Å². The summed E-state index contributed by atoms with van der Waals surface area (Å²) in [4.78, 5) is 75.1. The number of rotatable bonds is 5. The van der Waals surface area contributed by atoms with Crippen molar-refractivity contribution in [3.05, 3.63) is 71.3 Å². The SMILES string of the molecule is CC(=O)O.COC(=O)c1cnc(C(=O)N2CCCC(=O)N[C@@H](Cc3ccccc3)C(=O)NC(C(C)C)c3nc(C)nn3CC2)cn1. The van der Waals surface area contributed by atoms with Gasteiger partial charge in [0.2, 0.25) is 11.8 Å². The lowest BCUT2D eigenvalue weighted by Crippen LogP contribution is -2.50. The van der Waals surface area contributed by atoms with Crippen LogP contribution in [-0.4, -0.2) is 90.6 Å². The van der Waals surface area contributed by atoms with Crippen LogP contribution in [0.2, 0.25) is 0 Å². The third kappa shape index (κ3) is 10.2. The molecule has 0 spiro atoms. The molecule has 3 N–H and O–H groups in total. The molecule has 3 amide bonds. The van der Waals surface area contributed by atoms with Crippen LogP contribution in [0.4, 0.5) is 0 Å². The predicted octanol–water partition coefficient (Wildman–Crippen LogP) is 1.73. The highest BCUT2D eigenvalue weighted by molar-refractivity contribution is 5.93. The number of amides is 3. The number of nitrogens with zero attached hydrogens (tertiary/aromatic N) is 6. The molecule has 3 aromatic rings. The Labute approximate surface area is 266 Å². The van der Waals surface area contributed by atoms with Gasteiger partial charge in [-0.25, -0.2) is 24.4 Å². The number of carbonyl (C=O) groups excluding carboxylic acids is 4. The zero-order valence-corrected chi connectivity index (χ0v) is 26.6. The molecule has 4 rings (SSSR count). The van der Waals surface area contributed by atoms with Crippen LogP contribution in [0.25, 0.3) is 0 Å². The summed E-state index contributed by atoms with van der Waals surface area (Å²) in [5.74, 6) is -1.44. The molecule has 1 unspecified atom stereocenters. The Morgan fingerprint density at radius 1 is 1.02 bits per heavy atom. The van der Waals surface area contributed by atoms with Crippen molar-refractivity contribution in [3.63, 3.8) is 0 Å². The summed E-state index contributed by atoms with van der Waals surface area (Å²) >= 11 is 0. The van der Waals surface area contributed by atoms with Gasteiger partial charge in [-0.2, -0.15) is 5.10 Å². The molecule has 0 saturated heterocycles. The summed E-state index contributed by atoms with van der Waals surface area (Å²) < 4.78 is 6.36. The van der Waals surface area contributed by atoms with Crippen LogP contribution in [0, 0.1) is 12.8 Å². The summed E-state index contributed by atoms with van der Waals surface area (Å²) in [7, 11) is 1.24. The minimum atomic E-state index is -0.833. The van der Waals surface area contributed by atoms with Crippen molar-refractivity contribution in [2.24, 2.45) is 5.92 Å².